The molecule has 0 radical (unpaired) electrons. The molecule has 0 amide bonds. The summed E-state index contributed by atoms with van der Waals surface area (Å²) in [5, 5.41) is 9.67. The van der Waals surface area contributed by atoms with Gasteiger partial charge in [0.2, 0.25) is 0 Å². The molecule has 120 valence electrons. The zero-order valence-corrected chi connectivity index (χ0v) is 13.8. The lowest BCUT2D eigenvalue weighted by Crippen LogP contribution is -2.15. The van der Waals surface area contributed by atoms with Crippen molar-refractivity contribution < 1.29 is 9.84 Å². The maximum atomic E-state index is 12.0. The van der Waals surface area contributed by atoms with Crippen LogP contribution in [0.25, 0.3) is 22.5 Å². The fourth-order valence-corrected chi connectivity index (χ4v) is 2.58. The molecule has 0 fully saturated rings. The third-order valence-electron chi connectivity index (χ3n) is 3.97. The van der Waals surface area contributed by atoms with Crippen LogP contribution < -0.4 is 15.9 Å². The van der Waals surface area contributed by atoms with Gasteiger partial charge in [0.15, 0.2) is 0 Å². The molecule has 0 unspecified atom stereocenters. The van der Waals surface area contributed by atoms with E-state index < -0.39 is 5.69 Å². The predicted octanol–water partition coefficient (Wildman–Crippen LogP) is 1.38. The minimum Gasteiger partial charge on any atom is -0.508 e. The van der Waals surface area contributed by atoms with E-state index in [1.165, 1.54) is 0 Å². The number of phenols is 1. The van der Waals surface area contributed by atoms with Crippen molar-refractivity contribution in [1.29, 1.82) is 0 Å². The lowest BCUT2D eigenvalue weighted by molar-refractivity contribution is 0.415. The van der Waals surface area contributed by atoms with Gasteiger partial charge in [-0.1, -0.05) is 11.5 Å². The van der Waals surface area contributed by atoms with E-state index in [0.29, 0.717) is 11.4 Å². The van der Waals surface area contributed by atoms with Gasteiger partial charge < -0.3 is 14.8 Å². The average molecular weight is 320 g/mol. The number of methoxy groups -OCH3 is 1. The van der Waals surface area contributed by atoms with Crippen molar-refractivity contribution in [2.75, 3.05) is 7.11 Å². The maximum Gasteiger partial charge on any atom is 0.345 e. The average Bonchev–Trinajstić information content (AvgIpc) is 2.57. The van der Waals surface area contributed by atoms with E-state index in [0.717, 1.165) is 27.9 Å². The lowest BCUT2D eigenvalue weighted by Gasteiger charge is -2.10. The Morgan fingerprint density at radius 1 is 1.17 bits per heavy atom. The Labute approximate surface area is 140 Å². The van der Waals surface area contributed by atoms with Crippen LogP contribution in [0.5, 0.6) is 11.5 Å². The molecule has 24 heavy (non-hydrogen) atoms. The Bertz CT molecular complexity index is 967. The quantitative estimate of drug-likeness (QED) is 0.715. The molecule has 1 heterocycles. The standard InChI is InChI=1S/C18H17BN2O3/c1-10-7-11(3-6-17(10)22)15-9-16(21-18(23)20-15)13-8-12(24-2)4-5-14(13)19/h3-9,22H,19H2,1-2H3,(H,20,21,23). The number of hydrogen-bond acceptors (Lipinski definition) is 4. The van der Waals surface area contributed by atoms with Crippen LogP contribution in [0.3, 0.4) is 0 Å². The van der Waals surface area contributed by atoms with Crippen molar-refractivity contribution in [2.45, 2.75) is 6.92 Å². The molecule has 3 rings (SSSR count). The first-order chi connectivity index (χ1) is 11.5. The van der Waals surface area contributed by atoms with E-state index in [-0.39, 0.29) is 5.75 Å². The van der Waals surface area contributed by atoms with E-state index in [1.807, 2.05) is 32.1 Å². The molecule has 0 aliphatic carbocycles. The van der Waals surface area contributed by atoms with E-state index in [2.05, 4.69) is 9.97 Å². The summed E-state index contributed by atoms with van der Waals surface area (Å²) < 4.78 is 5.27. The number of aromatic hydroxyl groups is 1. The predicted molar refractivity (Wildman–Crippen MR) is 96.9 cm³/mol. The number of H-pyrrole nitrogens is 1. The molecule has 0 spiro atoms. The van der Waals surface area contributed by atoms with Crippen LogP contribution in [0.1, 0.15) is 5.56 Å². The van der Waals surface area contributed by atoms with Gasteiger partial charge in [0.05, 0.1) is 18.5 Å². The molecule has 0 bridgehead atoms. The molecule has 0 saturated carbocycles. The minimum atomic E-state index is -0.421. The number of nitrogens with one attached hydrogen (secondary N) is 1. The van der Waals surface area contributed by atoms with Gasteiger partial charge in [-0.25, -0.2) is 4.79 Å². The molecule has 0 atom stereocenters. The first-order valence-electron chi connectivity index (χ1n) is 7.54. The smallest absolute Gasteiger partial charge is 0.345 e. The molecule has 0 aliphatic rings. The highest BCUT2D eigenvalue weighted by Gasteiger charge is 2.10. The molecular weight excluding hydrogens is 303 g/mol. The van der Waals surface area contributed by atoms with Crippen LogP contribution in [0, 0.1) is 6.92 Å². The summed E-state index contributed by atoms with van der Waals surface area (Å²) in [6.45, 7) is 1.80. The number of aromatic nitrogens is 2. The minimum absolute atomic E-state index is 0.215. The summed E-state index contributed by atoms with van der Waals surface area (Å²) in [5.41, 5.74) is 4.21. The zero-order chi connectivity index (χ0) is 17.3. The highest BCUT2D eigenvalue weighted by atomic mass is 16.5. The lowest BCUT2D eigenvalue weighted by atomic mass is 9.88. The first-order valence-corrected chi connectivity index (χ1v) is 7.54. The van der Waals surface area contributed by atoms with Gasteiger partial charge in [0.1, 0.15) is 19.3 Å². The fraction of sp³-hybridized carbons (Fsp3) is 0.111. The number of ether oxygens (including phenoxy) is 1. The van der Waals surface area contributed by atoms with Crippen molar-refractivity contribution in [3.63, 3.8) is 0 Å². The van der Waals surface area contributed by atoms with Gasteiger partial charge in [-0.2, -0.15) is 4.98 Å². The molecule has 5 nitrogen and oxygen atoms in total. The summed E-state index contributed by atoms with van der Waals surface area (Å²) in [5.74, 6) is 0.933. The van der Waals surface area contributed by atoms with Gasteiger partial charge in [0, 0.05) is 5.56 Å². The number of hydrogen-bond donors (Lipinski definition) is 2. The Balaban J connectivity index is 2.16. The number of benzene rings is 2. The van der Waals surface area contributed by atoms with Crippen LogP contribution >= 0.6 is 0 Å². The molecule has 1 aromatic heterocycles. The summed E-state index contributed by atoms with van der Waals surface area (Å²) in [4.78, 5) is 18.9. The largest absolute Gasteiger partial charge is 0.508 e. The monoisotopic (exact) mass is 320 g/mol. The van der Waals surface area contributed by atoms with Gasteiger partial charge in [-0.15, -0.1) is 0 Å². The van der Waals surface area contributed by atoms with Crippen molar-refractivity contribution in [2.24, 2.45) is 0 Å². The summed E-state index contributed by atoms with van der Waals surface area (Å²) in [6, 6.07) is 12.7. The molecule has 2 N–H and O–H groups in total. The first kappa shape index (κ1) is 15.9. The Morgan fingerprint density at radius 3 is 2.67 bits per heavy atom. The van der Waals surface area contributed by atoms with Gasteiger partial charge in [-0.3, -0.25) is 0 Å². The Kier molecular flexibility index (Phi) is 4.12. The molecule has 6 heteroatoms. The van der Waals surface area contributed by atoms with E-state index >= 15 is 0 Å². The third-order valence-corrected chi connectivity index (χ3v) is 3.97. The highest BCUT2D eigenvalue weighted by Crippen LogP contribution is 2.26. The summed E-state index contributed by atoms with van der Waals surface area (Å²) in [7, 11) is 3.58. The second kappa shape index (κ2) is 6.24. The number of aromatic amines is 1. The van der Waals surface area contributed by atoms with Crippen molar-refractivity contribution in [3.05, 3.63) is 58.5 Å². The molecule has 3 aromatic rings. The second-order valence-electron chi connectivity index (χ2n) is 5.67. The number of phenolic OH excluding ortho intramolecular Hbond substituents is 1. The van der Waals surface area contributed by atoms with Crippen LogP contribution in [-0.2, 0) is 0 Å². The van der Waals surface area contributed by atoms with E-state index in [1.54, 1.807) is 32.2 Å². The van der Waals surface area contributed by atoms with Crippen molar-refractivity contribution >= 4 is 13.3 Å². The zero-order valence-electron chi connectivity index (χ0n) is 13.8. The van der Waals surface area contributed by atoms with Crippen molar-refractivity contribution in [3.8, 4) is 34.0 Å². The van der Waals surface area contributed by atoms with Crippen LogP contribution in [0.15, 0.2) is 47.3 Å². The third kappa shape index (κ3) is 3.03. The van der Waals surface area contributed by atoms with Crippen LogP contribution in [0.2, 0.25) is 0 Å². The van der Waals surface area contributed by atoms with Gasteiger partial charge in [0.25, 0.3) is 0 Å². The van der Waals surface area contributed by atoms with Crippen LogP contribution in [-0.4, -0.2) is 30.0 Å². The molecule has 2 aromatic carbocycles. The fourth-order valence-electron chi connectivity index (χ4n) is 2.58. The Morgan fingerprint density at radius 2 is 1.96 bits per heavy atom. The van der Waals surface area contributed by atoms with E-state index in [4.69, 9.17) is 4.74 Å². The topological polar surface area (TPSA) is 75.2 Å². The Hall–Kier alpha value is -3.02. The van der Waals surface area contributed by atoms with Gasteiger partial charge in [-0.05, 0) is 54.4 Å². The highest BCUT2D eigenvalue weighted by molar-refractivity contribution is 6.35. The molecule has 0 saturated heterocycles. The normalized spacial score (nSPS) is 10.6. The maximum absolute atomic E-state index is 12.0. The molecule has 0 aliphatic heterocycles. The van der Waals surface area contributed by atoms with Gasteiger partial charge >= 0.3 is 5.69 Å². The SMILES string of the molecule is Bc1ccc(OC)cc1-c1cc(-c2ccc(O)c(C)c2)nc(=O)[nH]1. The second-order valence-corrected chi connectivity index (χ2v) is 5.67. The summed E-state index contributed by atoms with van der Waals surface area (Å²) in [6.07, 6.45) is 0. The van der Waals surface area contributed by atoms with Crippen molar-refractivity contribution in [1.82, 2.24) is 9.97 Å². The number of aryl methyl sites for hydroxylation is 1. The number of nitrogens with zero attached hydrogens (tertiary/aromatic N) is 1. The van der Waals surface area contributed by atoms with Crippen LogP contribution in [0.4, 0.5) is 0 Å². The summed E-state index contributed by atoms with van der Waals surface area (Å²) >= 11 is 0. The molecular formula is C18H17BN2O3. The number of rotatable bonds is 3. The van der Waals surface area contributed by atoms with E-state index in [9.17, 15) is 9.90 Å².